The minimum atomic E-state index is -3.21. The highest BCUT2D eigenvalue weighted by atomic mass is 32.2. The van der Waals surface area contributed by atoms with Gasteiger partial charge in [-0.25, -0.2) is 24.0 Å². The van der Waals surface area contributed by atoms with Crippen LogP contribution in [0.15, 0.2) is 12.4 Å². The summed E-state index contributed by atoms with van der Waals surface area (Å²) in [4.78, 5) is 7.87. The van der Waals surface area contributed by atoms with E-state index in [1.165, 1.54) is 19.4 Å². The molecule has 9 heteroatoms. The van der Waals surface area contributed by atoms with Gasteiger partial charge in [-0.15, -0.1) is 0 Å². The van der Waals surface area contributed by atoms with E-state index >= 15 is 0 Å². The fourth-order valence-corrected chi connectivity index (χ4v) is 1.51. The number of aromatic nitrogens is 2. The van der Waals surface area contributed by atoms with Gasteiger partial charge in [0.1, 0.15) is 5.82 Å². The first-order valence-electron chi connectivity index (χ1n) is 4.51. The second-order valence-corrected chi connectivity index (χ2v) is 4.93. The van der Waals surface area contributed by atoms with E-state index in [0.717, 1.165) is 0 Å². The topological polar surface area (TPSA) is 122 Å². The first-order valence-corrected chi connectivity index (χ1v) is 6.16. The van der Waals surface area contributed by atoms with E-state index in [0.29, 0.717) is 11.6 Å². The number of hydrogen-bond donors (Lipinski definition) is 4. The third-order valence-corrected chi connectivity index (χ3v) is 3.13. The van der Waals surface area contributed by atoms with Crippen LogP contribution in [0.2, 0.25) is 0 Å². The van der Waals surface area contributed by atoms with Crippen molar-refractivity contribution in [3.05, 3.63) is 12.4 Å². The molecule has 0 saturated heterocycles. The Morgan fingerprint density at radius 1 is 1.38 bits per heavy atom. The third-order valence-electron chi connectivity index (χ3n) is 1.77. The van der Waals surface area contributed by atoms with Crippen LogP contribution < -0.4 is 21.3 Å². The number of nitrogen functional groups attached to an aromatic ring is 1. The maximum atomic E-state index is 11.1. The highest BCUT2D eigenvalue weighted by molar-refractivity contribution is 7.89. The van der Waals surface area contributed by atoms with Gasteiger partial charge in [0.25, 0.3) is 0 Å². The molecule has 1 heterocycles. The van der Waals surface area contributed by atoms with Gasteiger partial charge < -0.3 is 10.7 Å². The first kappa shape index (κ1) is 12.6. The Bertz CT molecular complexity index is 434. The van der Waals surface area contributed by atoms with Gasteiger partial charge in [0.15, 0.2) is 5.82 Å². The zero-order valence-electron chi connectivity index (χ0n) is 8.77. The van der Waals surface area contributed by atoms with Crippen molar-refractivity contribution in [3.8, 4) is 0 Å². The van der Waals surface area contributed by atoms with Crippen LogP contribution in [0.5, 0.6) is 0 Å². The van der Waals surface area contributed by atoms with Crippen LogP contribution in [0.3, 0.4) is 0 Å². The van der Waals surface area contributed by atoms with Crippen molar-refractivity contribution in [2.75, 3.05) is 30.1 Å². The second-order valence-electron chi connectivity index (χ2n) is 2.88. The molecule has 0 amide bonds. The quantitative estimate of drug-likeness (QED) is 0.364. The van der Waals surface area contributed by atoms with E-state index < -0.39 is 10.0 Å². The van der Waals surface area contributed by atoms with Crippen LogP contribution in [0.1, 0.15) is 0 Å². The van der Waals surface area contributed by atoms with E-state index in [1.54, 1.807) is 0 Å². The van der Waals surface area contributed by atoms with Crippen molar-refractivity contribution in [2.24, 2.45) is 5.84 Å². The molecule has 1 rings (SSSR count). The normalized spacial score (nSPS) is 11.1. The van der Waals surface area contributed by atoms with Gasteiger partial charge in [-0.3, -0.25) is 4.98 Å². The minimum Gasteiger partial charge on any atom is -0.368 e. The summed E-state index contributed by atoms with van der Waals surface area (Å²) in [5.74, 6) is 5.98. The predicted octanol–water partition coefficient (Wildman–Crippen LogP) is -1.28. The van der Waals surface area contributed by atoms with E-state index in [1.807, 2.05) is 0 Å². The highest BCUT2D eigenvalue weighted by Gasteiger charge is 2.06. The summed E-state index contributed by atoms with van der Waals surface area (Å²) in [7, 11) is -1.84. The van der Waals surface area contributed by atoms with Gasteiger partial charge in [0, 0.05) is 6.54 Å². The maximum Gasteiger partial charge on any atom is 0.213 e. The molecule has 0 aliphatic carbocycles. The highest BCUT2D eigenvalue weighted by Crippen LogP contribution is 2.04. The summed E-state index contributed by atoms with van der Waals surface area (Å²) in [6.45, 7) is 0.242. The molecule has 0 atom stereocenters. The van der Waals surface area contributed by atoms with E-state index in [4.69, 9.17) is 5.84 Å². The molecule has 0 fully saturated rings. The number of anilines is 2. The van der Waals surface area contributed by atoms with Crippen molar-refractivity contribution in [2.45, 2.75) is 0 Å². The number of nitrogens with two attached hydrogens (primary N) is 1. The van der Waals surface area contributed by atoms with Gasteiger partial charge in [0.2, 0.25) is 10.0 Å². The average Bonchev–Trinajstić information content (AvgIpc) is 2.29. The van der Waals surface area contributed by atoms with Gasteiger partial charge in [0.05, 0.1) is 18.1 Å². The molecule has 16 heavy (non-hydrogen) atoms. The summed E-state index contributed by atoms with van der Waals surface area (Å²) in [6, 6.07) is 0. The summed E-state index contributed by atoms with van der Waals surface area (Å²) >= 11 is 0. The zero-order valence-corrected chi connectivity index (χ0v) is 9.58. The largest absolute Gasteiger partial charge is 0.368 e. The van der Waals surface area contributed by atoms with Crippen molar-refractivity contribution in [3.63, 3.8) is 0 Å². The smallest absolute Gasteiger partial charge is 0.213 e. The Morgan fingerprint density at radius 3 is 2.69 bits per heavy atom. The zero-order chi connectivity index (χ0) is 12.0. The second kappa shape index (κ2) is 5.58. The Kier molecular flexibility index (Phi) is 4.40. The molecule has 5 N–H and O–H groups in total. The van der Waals surface area contributed by atoms with Crippen molar-refractivity contribution < 1.29 is 8.42 Å². The van der Waals surface area contributed by atoms with Crippen LogP contribution in [0.25, 0.3) is 0 Å². The lowest BCUT2D eigenvalue weighted by molar-refractivity contribution is 0.588. The predicted molar refractivity (Wildman–Crippen MR) is 61.2 cm³/mol. The first-order chi connectivity index (χ1) is 7.57. The van der Waals surface area contributed by atoms with Crippen molar-refractivity contribution in [1.82, 2.24) is 14.7 Å². The molecule has 0 bridgehead atoms. The maximum absolute atomic E-state index is 11.1. The Balaban J connectivity index is 2.49. The molecule has 0 aliphatic rings. The standard InChI is InChI=1S/C7H14N6O2S/c1-9-16(14,15)3-2-11-6-4-10-5-7(12-6)13-8/h4-5,9H,2-3,8H2,1H3,(H2,11,12,13). The van der Waals surface area contributed by atoms with Crippen LogP contribution in [0.4, 0.5) is 11.6 Å². The molecule has 0 aliphatic heterocycles. The lowest BCUT2D eigenvalue weighted by Crippen LogP contribution is -2.26. The number of nitrogens with one attached hydrogen (secondary N) is 3. The van der Waals surface area contributed by atoms with Crippen molar-refractivity contribution >= 4 is 21.7 Å². The molecule has 0 spiro atoms. The van der Waals surface area contributed by atoms with Crippen LogP contribution >= 0.6 is 0 Å². The van der Waals surface area contributed by atoms with Crippen LogP contribution in [-0.2, 0) is 10.0 Å². The number of hydrogen-bond acceptors (Lipinski definition) is 7. The van der Waals surface area contributed by atoms with Crippen molar-refractivity contribution in [1.29, 1.82) is 0 Å². The molecule has 0 saturated carbocycles. The number of sulfonamides is 1. The Hall–Kier alpha value is -1.45. The number of rotatable bonds is 6. The van der Waals surface area contributed by atoms with E-state index in [2.05, 4.69) is 25.4 Å². The number of hydrazine groups is 1. The van der Waals surface area contributed by atoms with Gasteiger partial charge in [-0.1, -0.05) is 0 Å². The Morgan fingerprint density at radius 2 is 2.06 bits per heavy atom. The third kappa shape index (κ3) is 3.96. The van der Waals surface area contributed by atoms with E-state index in [9.17, 15) is 8.42 Å². The SMILES string of the molecule is CNS(=O)(=O)CCNc1cncc(NN)n1. The molecular formula is C7H14N6O2S. The lowest BCUT2D eigenvalue weighted by Gasteiger charge is -2.06. The molecule has 0 aromatic carbocycles. The van der Waals surface area contributed by atoms with Gasteiger partial charge in [-0.05, 0) is 7.05 Å². The Labute approximate surface area is 93.7 Å². The summed E-state index contributed by atoms with van der Waals surface area (Å²) in [5.41, 5.74) is 2.34. The van der Waals surface area contributed by atoms with Crippen LogP contribution in [-0.4, -0.2) is 37.7 Å². The number of nitrogens with zero attached hydrogens (tertiary/aromatic N) is 2. The molecule has 0 unspecified atom stereocenters. The summed E-state index contributed by atoms with van der Waals surface area (Å²) < 4.78 is 24.4. The summed E-state index contributed by atoms with van der Waals surface area (Å²) in [5, 5.41) is 2.82. The molecular weight excluding hydrogens is 232 g/mol. The lowest BCUT2D eigenvalue weighted by atomic mass is 10.6. The molecule has 1 aromatic heterocycles. The van der Waals surface area contributed by atoms with E-state index in [-0.39, 0.29) is 12.3 Å². The average molecular weight is 246 g/mol. The van der Waals surface area contributed by atoms with Gasteiger partial charge >= 0.3 is 0 Å². The molecule has 8 nitrogen and oxygen atoms in total. The monoisotopic (exact) mass is 246 g/mol. The molecule has 1 aromatic rings. The fraction of sp³-hybridized carbons (Fsp3) is 0.429. The minimum absolute atomic E-state index is 0.0362. The molecule has 0 radical (unpaired) electrons. The van der Waals surface area contributed by atoms with Crippen LogP contribution in [0, 0.1) is 0 Å². The molecule has 90 valence electrons. The van der Waals surface area contributed by atoms with Gasteiger partial charge in [-0.2, -0.15) is 0 Å². The summed E-state index contributed by atoms with van der Waals surface area (Å²) in [6.07, 6.45) is 2.93. The fourth-order valence-electron chi connectivity index (χ4n) is 0.936.